The van der Waals surface area contributed by atoms with E-state index < -0.39 is 30.2 Å². The van der Waals surface area contributed by atoms with E-state index in [2.05, 4.69) is 21.2 Å². The van der Waals surface area contributed by atoms with Crippen molar-refractivity contribution in [2.24, 2.45) is 0 Å². The van der Waals surface area contributed by atoms with Crippen LogP contribution in [0, 0.1) is 6.92 Å². The Morgan fingerprint density at radius 3 is 2.32 bits per heavy atom. The van der Waals surface area contributed by atoms with Crippen LogP contribution in [0.4, 0.5) is 18.9 Å². The first-order valence-corrected chi connectivity index (χ1v) is 7.86. The molecule has 0 aliphatic rings. The first-order valence-electron chi connectivity index (χ1n) is 7.07. The number of amides is 1. The van der Waals surface area contributed by atoms with Gasteiger partial charge in [0.2, 0.25) is 0 Å². The minimum absolute atomic E-state index is 0.0692. The summed E-state index contributed by atoms with van der Waals surface area (Å²) in [7, 11) is 0. The number of anilines is 1. The van der Waals surface area contributed by atoms with Gasteiger partial charge in [-0.15, -0.1) is 0 Å². The third-order valence-corrected chi connectivity index (χ3v) is 4.11. The smallest absolute Gasteiger partial charge is 0.416 e. The molecule has 0 unspecified atom stereocenters. The molecule has 0 atom stereocenters. The van der Waals surface area contributed by atoms with Crippen LogP contribution in [0.3, 0.4) is 0 Å². The minimum atomic E-state index is -4.48. The largest absolute Gasteiger partial charge is 0.452 e. The zero-order valence-electron chi connectivity index (χ0n) is 13.0. The van der Waals surface area contributed by atoms with E-state index in [1.165, 1.54) is 0 Å². The highest BCUT2D eigenvalue weighted by molar-refractivity contribution is 9.10. The third-order valence-electron chi connectivity index (χ3n) is 3.22. The Bertz CT molecular complexity index is 789. The summed E-state index contributed by atoms with van der Waals surface area (Å²) in [6.07, 6.45) is -4.48. The van der Waals surface area contributed by atoms with Crippen LogP contribution in [0.1, 0.15) is 21.5 Å². The van der Waals surface area contributed by atoms with Crippen LogP contribution in [-0.2, 0) is 15.7 Å². The molecule has 0 fully saturated rings. The van der Waals surface area contributed by atoms with Crippen molar-refractivity contribution in [2.45, 2.75) is 13.1 Å². The molecule has 0 heterocycles. The van der Waals surface area contributed by atoms with Crippen molar-refractivity contribution in [3.63, 3.8) is 0 Å². The molecule has 25 heavy (non-hydrogen) atoms. The van der Waals surface area contributed by atoms with Crippen LogP contribution in [0.5, 0.6) is 0 Å². The summed E-state index contributed by atoms with van der Waals surface area (Å²) in [5.74, 6) is -1.43. The lowest BCUT2D eigenvalue weighted by atomic mass is 10.1. The van der Waals surface area contributed by atoms with Crippen molar-refractivity contribution in [1.82, 2.24) is 0 Å². The molecule has 1 N–H and O–H groups in total. The Hall–Kier alpha value is -2.35. The molecule has 0 aliphatic carbocycles. The van der Waals surface area contributed by atoms with Crippen molar-refractivity contribution in [1.29, 1.82) is 0 Å². The number of carbonyl (C=O) groups is 2. The van der Waals surface area contributed by atoms with E-state index in [0.717, 1.165) is 34.3 Å². The molecule has 1 amide bonds. The number of carbonyl (C=O) groups excluding carboxylic acids is 2. The Morgan fingerprint density at radius 2 is 1.76 bits per heavy atom. The van der Waals surface area contributed by atoms with Gasteiger partial charge in [0, 0.05) is 10.2 Å². The van der Waals surface area contributed by atoms with Gasteiger partial charge < -0.3 is 10.1 Å². The monoisotopic (exact) mass is 415 g/mol. The quantitative estimate of drug-likeness (QED) is 0.743. The van der Waals surface area contributed by atoms with Gasteiger partial charge in [0.25, 0.3) is 5.91 Å². The van der Waals surface area contributed by atoms with Crippen molar-refractivity contribution >= 4 is 33.5 Å². The van der Waals surface area contributed by atoms with Crippen LogP contribution < -0.4 is 5.32 Å². The fourth-order valence-electron chi connectivity index (χ4n) is 1.93. The highest BCUT2D eigenvalue weighted by Crippen LogP contribution is 2.29. The van der Waals surface area contributed by atoms with Crippen LogP contribution in [-0.4, -0.2) is 18.5 Å². The Kier molecular flexibility index (Phi) is 5.84. The van der Waals surface area contributed by atoms with Crippen molar-refractivity contribution in [3.8, 4) is 0 Å². The lowest BCUT2D eigenvalue weighted by molar-refractivity contribution is -0.137. The zero-order valence-corrected chi connectivity index (χ0v) is 14.6. The van der Waals surface area contributed by atoms with Crippen molar-refractivity contribution in [2.75, 3.05) is 11.9 Å². The number of halogens is 4. The summed E-state index contributed by atoms with van der Waals surface area (Å²) in [4.78, 5) is 23.6. The van der Waals surface area contributed by atoms with Gasteiger partial charge in [-0.05, 0) is 55.0 Å². The number of hydrogen-bond acceptors (Lipinski definition) is 3. The molecule has 0 radical (unpaired) electrons. The second-order valence-electron chi connectivity index (χ2n) is 5.16. The molecule has 0 aliphatic heterocycles. The van der Waals surface area contributed by atoms with Crippen LogP contribution in [0.15, 0.2) is 46.9 Å². The van der Waals surface area contributed by atoms with Gasteiger partial charge in [-0.3, -0.25) is 4.79 Å². The third kappa shape index (κ3) is 5.32. The lowest BCUT2D eigenvalue weighted by Crippen LogP contribution is -2.21. The molecule has 0 spiro atoms. The highest BCUT2D eigenvalue weighted by atomic mass is 79.9. The van der Waals surface area contributed by atoms with Gasteiger partial charge in [0.05, 0.1) is 11.1 Å². The molecule has 0 saturated carbocycles. The molecule has 2 aromatic carbocycles. The number of alkyl halides is 3. The fraction of sp³-hybridized carbons (Fsp3) is 0.176. The summed E-state index contributed by atoms with van der Waals surface area (Å²) in [5.41, 5.74) is 0.517. The molecule has 2 rings (SSSR count). The number of esters is 1. The molecule has 0 aromatic heterocycles. The van der Waals surface area contributed by atoms with E-state index in [4.69, 9.17) is 4.74 Å². The topological polar surface area (TPSA) is 55.4 Å². The SMILES string of the molecule is Cc1cc(NC(=O)COC(=O)c2ccc(C(F)(F)F)cc2)ccc1Br. The number of rotatable bonds is 4. The minimum Gasteiger partial charge on any atom is -0.452 e. The maximum Gasteiger partial charge on any atom is 0.416 e. The molecule has 0 bridgehead atoms. The molecule has 2 aromatic rings. The van der Waals surface area contributed by atoms with Crippen molar-refractivity contribution < 1.29 is 27.5 Å². The zero-order chi connectivity index (χ0) is 18.6. The van der Waals surface area contributed by atoms with Gasteiger partial charge in [-0.2, -0.15) is 13.2 Å². The van der Waals surface area contributed by atoms with E-state index >= 15 is 0 Å². The average Bonchev–Trinajstić information content (AvgIpc) is 2.55. The van der Waals surface area contributed by atoms with Gasteiger partial charge >= 0.3 is 12.1 Å². The van der Waals surface area contributed by atoms with Gasteiger partial charge in [-0.1, -0.05) is 15.9 Å². The molecular formula is C17H13BrF3NO3. The summed E-state index contributed by atoms with van der Waals surface area (Å²) < 4.78 is 43.1. The Morgan fingerprint density at radius 1 is 1.12 bits per heavy atom. The highest BCUT2D eigenvalue weighted by Gasteiger charge is 2.30. The second-order valence-corrected chi connectivity index (χ2v) is 6.02. The molecule has 0 saturated heterocycles. The summed E-state index contributed by atoms with van der Waals surface area (Å²) >= 11 is 3.34. The van der Waals surface area contributed by atoms with Gasteiger partial charge in [0.1, 0.15) is 0 Å². The van der Waals surface area contributed by atoms with Crippen molar-refractivity contribution in [3.05, 3.63) is 63.6 Å². The standard InChI is InChI=1S/C17H13BrF3NO3/c1-10-8-13(6-7-14(10)18)22-15(23)9-25-16(24)11-2-4-12(5-3-11)17(19,20)21/h2-8H,9H2,1H3,(H,22,23). The van der Waals surface area contributed by atoms with E-state index in [1.807, 2.05) is 6.92 Å². The van der Waals surface area contributed by atoms with E-state index in [0.29, 0.717) is 5.69 Å². The Balaban J connectivity index is 1.90. The van der Waals surface area contributed by atoms with Crippen LogP contribution in [0.2, 0.25) is 0 Å². The first-order chi connectivity index (χ1) is 11.7. The number of benzene rings is 2. The summed E-state index contributed by atoms with van der Waals surface area (Å²) in [5, 5.41) is 2.56. The summed E-state index contributed by atoms with van der Waals surface area (Å²) in [6, 6.07) is 8.73. The van der Waals surface area contributed by atoms with Crippen LogP contribution >= 0.6 is 15.9 Å². The average molecular weight is 416 g/mol. The molecule has 4 nitrogen and oxygen atoms in total. The van der Waals surface area contributed by atoms with E-state index in [9.17, 15) is 22.8 Å². The maximum atomic E-state index is 12.5. The van der Waals surface area contributed by atoms with E-state index in [1.54, 1.807) is 18.2 Å². The number of nitrogens with one attached hydrogen (secondary N) is 1. The predicted octanol–water partition coefficient (Wildman–Crippen LogP) is 4.57. The lowest BCUT2D eigenvalue weighted by Gasteiger charge is -2.09. The predicted molar refractivity (Wildman–Crippen MR) is 89.2 cm³/mol. The number of hydrogen-bond donors (Lipinski definition) is 1. The number of aryl methyl sites for hydroxylation is 1. The number of ether oxygens (including phenoxy) is 1. The van der Waals surface area contributed by atoms with E-state index in [-0.39, 0.29) is 5.56 Å². The first kappa shape index (κ1) is 19.0. The Labute approximate surface area is 150 Å². The maximum absolute atomic E-state index is 12.5. The molecule has 132 valence electrons. The fourth-order valence-corrected chi connectivity index (χ4v) is 2.18. The van der Waals surface area contributed by atoms with Crippen LogP contribution in [0.25, 0.3) is 0 Å². The molecular weight excluding hydrogens is 403 g/mol. The second kappa shape index (κ2) is 7.69. The van der Waals surface area contributed by atoms with Gasteiger partial charge in [0.15, 0.2) is 6.61 Å². The summed E-state index contributed by atoms with van der Waals surface area (Å²) in [6.45, 7) is 1.30. The normalized spacial score (nSPS) is 11.1. The molecule has 8 heteroatoms. The van der Waals surface area contributed by atoms with Gasteiger partial charge in [-0.25, -0.2) is 4.79 Å².